The molecule has 1 amide bonds. The second-order valence-electron chi connectivity index (χ2n) is 3.84. The third-order valence-electron chi connectivity index (χ3n) is 2.38. The van der Waals surface area contributed by atoms with Crippen LogP contribution >= 0.6 is 11.3 Å². The Morgan fingerprint density at radius 3 is 3.00 bits per heavy atom. The zero-order valence-electron chi connectivity index (χ0n) is 11.0. The number of thiazole rings is 1. The summed E-state index contributed by atoms with van der Waals surface area (Å²) < 4.78 is 4.87. The lowest BCUT2D eigenvalue weighted by atomic mass is 10.4. The first kappa shape index (κ1) is 15.1. The van der Waals surface area contributed by atoms with Gasteiger partial charge in [-0.25, -0.2) is 4.98 Å². The second-order valence-corrected chi connectivity index (χ2v) is 5.04. The molecule has 1 aromatic rings. The number of hydrogen-bond donors (Lipinski definition) is 2. The number of nitrogens with zero attached hydrogens (tertiary/aromatic N) is 1. The van der Waals surface area contributed by atoms with Crippen LogP contribution in [0.5, 0.6) is 0 Å². The molecule has 1 heterocycles. The summed E-state index contributed by atoms with van der Waals surface area (Å²) in [6.07, 6.45) is 3.73. The molecule has 2 N–H and O–H groups in total. The van der Waals surface area contributed by atoms with E-state index in [1.807, 2.05) is 6.20 Å². The Morgan fingerprint density at radius 1 is 1.50 bits per heavy atom. The van der Waals surface area contributed by atoms with E-state index >= 15 is 0 Å². The van der Waals surface area contributed by atoms with Crippen molar-refractivity contribution in [3.63, 3.8) is 0 Å². The highest BCUT2D eigenvalue weighted by Gasteiger charge is 2.02. The zero-order valence-corrected chi connectivity index (χ0v) is 11.8. The van der Waals surface area contributed by atoms with Crippen LogP contribution in [0, 0.1) is 0 Å². The lowest BCUT2D eigenvalue weighted by Gasteiger charge is -2.05. The number of carbonyl (C=O) groups excluding carboxylic acids is 1. The number of ether oxygens (including phenoxy) is 1. The van der Waals surface area contributed by atoms with Gasteiger partial charge in [-0.15, -0.1) is 11.3 Å². The van der Waals surface area contributed by atoms with Crippen LogP contribution in [0.15, 0.2) is 6.20 Å². The summed E-state index contributed by atoms with van der Waals surface area (Å²) in [6, 6.07) is 0. The van der Waals surface area contributed by atoms with E-state index in [1.54, 1.807) is 18.4 Å². The number of aromatic nitrogens is 1. The molecule has 102 valence electrons. The zero-order chi connectivity index (χ0) is 13.2. The molecule has 0 radical (unpaired) electrons. The van der Waals surface area contributed by atoms with Gasteiger partial charge in [-0.3, -0.25) is 4.79 Å². The number of amides is 1. The Labute approximate surface area is 112 Å². The summed E-state index contributed by atoms with van der Waals surface area (Å²) in [7, 11) is 1.64. The average Bonchev–Trinajstić information content (AvgIpc) is 2.83. The molecule has 1 aromatic heterocycles. The van der Waals surface area contributed by atoms with E-state index in [1.165, 1.54) is 4.88 Å². The summed E-state index contributed by atoms with van der Waals surface area (Å²) in [5.74, 6) is 0.0124. The van der Waals surface area contributed by atoms with Crippen LogP contribution in [-0.4, -0.2) is 44.2 Å². The van der Waals surface area contributed by atoms with Crippen LogP contribution in [-0.2, 0) is 22.4 Å². The van der Waals surface area contributed by atoms with E-state index in [0.29, 0.717) is 26.2 Å². The van der Waals surface area contributed by atoms with Gasteiger partial charge in [0, 0.05) is 37.7 Å². The lowest BCUT2D eigenvalue weighted by Crippen LogP contribution is -2.36. The first-order valence-corrected chi connectivity index (χ1v) is 6.97. The molecule has 0 aliphatic heterocycles. The minimum atomic E-state index is 0.0124. The van der Waals surface area contributed by atoms with Crippen molar-refractivity contribution < 1.29 is 9.53 Å². The fourth-order valence-corrected chi connectivity index (χ4v) is 2.24. The molecule has 6 heteroatoms. The summed E-state index contributed by atoms with van der Waals surface area (Å²) in [5, 5.41) is 6.94. The van der Waals surface area contributed by atoms with Crippen molar-refractivity contribution in [3.8, 4) is 0 Å². The fourth-order valence-electron chi connectivity index (χ4n) is 1.37. The summed E-state index contributed by atoms with van der Waals surface area (Å²) >= 11 is 1.71. The Hall–Kier alpha value is -0.980. The van der Waals surface area contributed by atoms with E-state index in [-0.39, 0.29) is 5.91 Å². The van der Waals surface area contributed by atoms with Gasteiger partial charge in [0.1, 0.15) is 0 Å². The molecular weight excluding hydrogens is 250 g/mol. The normalized spacial score (nSPS) is 10.6. The molecule has 0 aliphatic carbocycles. The molecule has 0 aliphatic rings. The van der Waals surface area contributed by atoms with Gasteiger partial charge in [-0.1, -0.05) is 6.92 Å². The van der Waals surface area contributed by atoms with Crippen molar-refractivity contribution in [1.82, 2.24) is 15.6 Å². The maximum absolute atomic E-state index is 11.4. The van der Waals surface area contributed by atoms with Gasteiger partial charge in [-0.05, 0) is 6.42 Å². The first-order chi connectivity index (χ1) is 8.76. The largest absolute Gasteiger partial charge is 0.383 e. The molecule has 0 unspecified atom stereocenters. The molecule has 0 bridgehead atoms. The van der Waals surface area contributed by atoms with Crippen molar-refractivity contribution >= 4 is 17.2 Å². The number of nitrogens with one attached hydrogen (secondary N) is 2. The van der Waals surface area contributed by atoms with Gasteiger partial charge < -0.3 is 15.4 Å². The number of hydrogen-bond acceptors (Lipinski definition) is 5. The third kappa shape index (κ3) is 6.09. The molecule has 18 heavy (non-hydrogen) atoms. The van der Waals surface area contributed by atoms with Crippen molar-refractivity contribution in [1.29, 1.82) is 0 Å². The van der Waals surface area contributed by atoms with Crippen molar-refractivity contribution in [2.45, 2.75) is 19.8 Å². The number of methoxy groups -OCH3 is 1. The van der Waals surface area contributed by atoms with E-state index in [2.05, 4.69) is 22.5 Å². The predicted octanol–water partition coefficient (Wildman–Crippen LogP) is 0.600. The second kappa shape index (κ2) is 9.02. The molecule has 0 saturated carbocycles. The lowest BCUT2D eigenvalue weighted by molar-refractivity contribution is -0.120. The van der Waals surface area contributed by atoms with Crippen LogP contribution in [0.3, 0.4) is 0 Å². The highest BCUT2D eigenvalue weighted by Crippen LogP contribution is 2.13. The maximum Gasteiger partial charge on any atom is 0.233 e. The third-order valence-corrected chi connectivity index (χ3v) is 3.58. The van der Waals surface area contributed by atoms with E-state index < -0.39 is 0 Å². The maximum atomic E-state index is 11.4. The van der Waals surface area contributed by atoms with Crippen LogP contribution in [0.25, 0.3) is 0 Å². The van der Waals surface area contributed by atoms with Gasteiger partial charge in [0.05, 0.1) is 18.2 Å². The minimum absolute atomic E-state index is 0.0124. The number of carbonyl (C=O) groups is 1. The van der Waals surface area contributed by atoms with E-state index in [9.17, 15) is 4.79 Å². The molecule has 0 aromatic carbocycles. The SMILES string of the molecule is CCc1cnc(CCNC(=O)CNCCOC)s1. The van der Waals surface area contributed by atoms with Gasteiger partial charge in [0.15, 0.2) is 0 Å². The van der Waals surface area contributed by atoms with Crippen LogP contribution in [0.4, 0.5) is 0 Å². The van der Waals surface area contributed by atoms with E-state index in [0.717, 1.165) is 17.8 Å². The number of rotatable bonds is 9. The predicted molar refractivity (Wildman–Crippen MR) is 73.0 cm³/mol. The molecule has 0 atom stereocenters. The Bertz CT molecular complexity index is 355. The molecule has 0 fully saturated rings. The quantitative estimate of drug-likeness (QED) is 0.646. The van der Waals surface area contributed by atoms with Crippen LogP contribution in [0.2, 0.25) is 0 Å². The van der Waals surface area contributed by atoms with Gasteiger partial charge >= 0.3 is 0 Å². The first-order valence-electron chi connectivity index (χ1n) is 6.16. The van der Waals surface area contributed by atoms with Gasteiger partial charge in [0.25, 0.3) is 0 Å². The van der Waals surface area contributed by atoms with Crippen molar-refractivity contribution in [3.05, 3.63) is 16.1 Å². The average molecular weight is 271 g/mol. The van der Waals surface area contributed by atoms with E-state index in [4.69, 9.17) is 4.74 Å². The van der Waals surface area contributed by atoms with Gasteiger partial charge in [0.2, 0.25) is 5.91 Å². The molecule has 5 nitrogen and oxygen atoms in total. The molecule has 0 saturated heterocycles. The monoisotopic (exact) mass is 271 g/mol. The molecule has 0 spiro atoms. The van der Waals surface area contributed by atoms with Gasteiger partial charge in [-0.2, -0.15) is 0 Å². The highest BCUT2D eigenvalue weighted by molar-refractivity contribution is 7.11. The Balaban J connectivity index is 2.07. The summed E-state index contributed by atoms with van der Waals surface area (Å²) in [5.41, 5.74) is 0. The summed E-state index contributed by atoms with van der Waals surface area (Å²) in [6.45, 7) is 4.40. The van der Waals surface area contributed by atoms with Crippen molar-refractivity contribution in [2.24, 2.45) is 0 Å². The van der Waals surface area contributed by atoms with Crippen molar-refractivity contribution in [2.75, 3.05) is 33.4 Å². The van der Waals surface area contributed by atoms with Crippen LogP contribution in [0.1, 0.15) is 16.8 Å². The Morgan fingerprint density at radius 2 is 2.33 bits per heavy atom. The smallest absolute Gasteiger partial charge is 0.233 e. The summed E-state index contributed by atoms with van der Waals surface area (Å²) in [4.78, 5) is 17.0. The standard InChI is InChI=1S/C12H21N3O2S/c1-3-10-8-15-12(18-10)4-5-14-11(16)9-13-6-7-17-2/h8,13H,3-7,9H2,1-2H3,(H,14,16). The van der Waals surface area contributed by atoms with Crippen LogP contribution < -0.4 is 10.6 Å². The number of aryl methyl sites for hydroxylation is 1. The minimum Gasteiger partial charge on any atom is -0.383 e. The molecular formula is C12H21N3O2S. The molecule has 1 rings (SSSR count). The fraction of sp³-hybridized carbons (Fsp3) is 0.667. The Kier molecular flexibility index (Phi) is 7.55. The highest BCUT2D eigenvalue weighted by atomic mass is 32.1. The topological polar surface area (TPSA) is 63.2 Å².